The van der Waals surface area contributed by atoms with Crippen LogP contribution in [0.15, 0.2) is 70.7 Å². The van der Waals surface area contributed by atoms with Gasteiger partial charge in [0.15, 0.2) is 0 Å². The Bertz CT molecular complexity index is 978. The van der Waals surface area contributed by atoms with Crippen molar-refractivity contribution in [2.75, 3.05) is 13.1 Å². The van der Waals surface area contributed by atoms with E-state index in [-0.39, 0.29) is 0 Å². The Kier molecular flexibility index (Phi) is 8.25. The molecule has 1 unspecified atom stereocenters. The van der Waals surface area contributed by atoms with Crippen LogP contribution in [0.3, 0.4) is 0 Å². The molecule has 0 saturated carbocycles. The zero-order valence-electron chi connectivity index (χ0n) is 17.8. The summed E-state index contributed by atoms with van der Waals surface area (Å²) in [6, 6.07) is 15.5. The molecule has 2 N–H and O–H groups in total. The topological polar surface area (TPSA) is 72.1 Å². The smallest absolute Gasteiger partial charge is 0.0868 e. The van der Waals surface area contributed by atoms with Crippen LogP contribution >= 0.6 is 0 Å². The quantitative estimate of drug-likeness (QED) is 0.500. The molecular weight excluding hydrogens is 392 g/mol. The fourth-order valence-corrected chi connectivity index (χ4v) is 4.60. The Morgan fingerprint density at radius 1 is 0.967 bits per heavy atom. The third-order valence-corrected chi connectivity index (χ3v) is 6.48. The molecule has 3 aromatic rings. The number of rotatable bonds is 10. The molecule has 2 heterocycles. The molecule has 5 nitrogen and oxygen atoms in total. The van der Waals surface area contributed by atoms with Crippen molar-refractivity contribution in [2.24, 2.45) is 5.73 Å². The minimum Gasteiger partial charge on any atom is -0.330 e. The van der Waals surface area contributed by atoms with Crippen molar-refractivity contribution in [3.63, 3.8) is 0 Å². The summed E-state index contributed by atoms with van der Waals surface area (Å²) in [5.74, 6) is 0. The van der Waals surface area contributed by atoms with Gasteiger partial charge in [0, 0.05) is 30.4 Å². The maximum Gasteiger partial charge on any atom is 0.0868 e. The first kappa shape index (κ1) is 22.3. The van der Waals surface area contributed by atoms with Crippen molar-refractivity contribution >= 4 is 10.8 Å². The number of hydrogen-bond donors (Lipinski definition) is 1. The Balaban J connectivity index is 1.84. The molecule has 0 bridgehead atoms. The zero-order valence-corrected chi connectivity index (χ0v) is 18.6. The van der Waals surface area contributed by atoms with E-state index in [0.717, 1.165) is 52.7 Å². The van der Waals surface area contributed by atoms with E-state index in [1.165, 1.54) is 5.56 Å². The molecule has 0 aliphatic rings. The highest BCUT2D eigenvalue weighted by atomic mass is 32.2. The lowest BCUT2D eigenvalue weighted by Crippen LogP contribution is -2.26. The molecule has 0 aliphatic carbocycles. The molecule has 0 amide bonds. The van der Waals surface area contributed by atoms with Crippen molar-refractivity contribution < 1.29 is 4.21 Å². The van der Waals surface area contributed by atoms with Gasteiger partial charge in [0.2, 0.25) is 0 Å². The number of nitrogens with two attached hydrogens (primary N) is 1. The summed E-state index contributed by atoms with van der Waals surface area (Å²) < 4.78 is 13.2. The van der Waals surface area contributed by atoms with E-state index in [2.05, 4.69) is 34.8 Å². The highest BCUT2D eigenvalue weighted by Gasteiger charge is 2.17. The number of aryl methyl sites for hydroxylation is 2. The van der Waals surface area contributed by atoms with Crippen molar-refractivity contribution in [1.82, 2.24) is 14.9 Å². The SMILES string of the molecule is Cc1cnc(CN(CCCCN)Cc2ncccc2S(=O)c2ccccc2)c(C)c1. The Hall–Kier alpha value is -2.41. The largest absolute Gasteiger partial charge is 0.330 e. The molecule has 0 saturated heterocycles. The number of hydrogen-bond acceptors (Lipinski definition) is 5. The second-order valence-corrected chi connectivity index (χ2v) is 8.96. The van der Waals surface area contributed by atoms with Crippen LogP contribution in [0, 0.1) is 13.8 Å². The van der Waals surface area contributed by atoms with Gasteiger partial charge >= 0.3 is 0 Å². The summed E-state index contributed by atoms with van der Waals surface area (Å²) in [7, 11) is -1.26. The molecule has 0 spiro atoms. The van der Waals surface area contributed by atoms with Crippen LogP contribution in [-0.4, -0.2) is 32.2 Å². The Morgan fingerprint density at radius 3 is 2.47 bits per heavy atom. The first-order valence-corrected chi connectivity index (χ1v) is 11.5. The number of benzene rings is 1. The van der Waals surface area contributed by atoms with E-state index in [9.17, 15) is 4.21 Å². The second-order valence-electron chi connectivity index (χ2n) is 7.51. The highest BCUT2D eigenvalue weighted by molar-refractivity contribution is 7.85. The summed E-state index contributed by atoms with van der Waals surface area (Å²) in [6.07, 6.45) is 5.67. The summed E-state index contributed by atoms with van der Waals surface area (Å²) in [5, 5.41) is 0. The average Bonchev–Trinajstić information content (AvgIpc) is 2.76. The van der Waals surface area contributed by atoms with Gasteiger partial charge in [-0.1, -0.05) is 24.3 Å². The van der Waals surface area contributed by atoms with Crippen molar-refractivity contribution in [1.29, 1.82) is 0 Å². The molecule has 0 fully saturated rings. The number of nitrogens with zero attached hydrogens (tertiary/aromatic N) is 3. The third kappa shape index (κ3) is 6.05. The number of aromatic nitrogens is 2. The molecule has 2 aromatic heterocycles. The average molecular weight is 423 g/mol. The van der Waals surface area contributed by atoms with Gasteiger partial charge in [-0.3, -0.25) is 14.9 Å². The fraction of sp³-hybridized carbons (Fsp3) is 0.333. The Labute approximate surface area is 181 Å². The van der Waals surface area contributed by atoms with E-state index in [1.807, 2.05) is 48.7 Å². The summed E-state index contributed by atoms with van der Waals surface area (Å²) in [4.78, 5) is 13.1. The normalized spacial score (nSPS) is 12.3. The lowest BCUT2D eigenvalue weighted by atomic mass is 10.1. The molecule has 0 aliphatic heterocycles. The molecule has 6 heteroatoms. The van der Waals surface area contributed by atoms with Crippen LogP contribution in [0.5, 0.6) is 0 Å². The Morgan fingerprint density at radius 2 is 1.73 bits per heavy atom. The van der Waals surface area contributed by atoms with E-state index in [1.54, 1.807) is 6.20 Å². The summed E-state index contributed by atoms with van der Waals surface area (Å²) >= 11 is 0. The van der Waals surface area contributed by atoms with Gasteiger partial charge in [-0.2, -0.15) is 0 Å². The van der Waals surface area contributed by atoms with Crippen molar-refractivity contribution in [2.45, 2.75) is 49.6 Å². The predicted octanol–water partition coefficient (Wildman–Crippen LogP) is 4.00. The third-order valence-electron chi connectivity index (χ3n) is 5.00. The van der Waals surface area contributed by atoms with Gasteiger partial charge < -0.3 is 5.73 Å². The molecule has 1 atom stereocenters. The lowest BCUT2D eigenvalue weighted by Gasteiger charge is -2.23. The van der Waals surface area contributed by atoms with Gasteiger partial charge in [-0.25, -0.2) is 4.21 Å². The van der Waals surface area contributed by atoms with Gasteiger partial charge in [0.05, 0.1) is 27.1 Å². The second kappa shape index (κ2) is 11.1. The monoisotopic (exact) mass is 422 g/mol. The minimum atomic E-state index is -1.26. The van der Waals surface area contributed by atoms with Gasteiger partial charge in [-0.15, -0.1) is 0 Å². The first-order chi connectivity index (χ1) is 14.6. The lowest BCUT2D eigenvalue weighted by molar-refractivity contribution is 0.243. The van der Waals surface area contributed by atoms with Crippen LogP contribution in [-0.2, 0) is 23.9 Å². The van der Waals surface area contributed by atoms with Crippen LogP contribution in [0.25, 0.3) is 0 Å². The molecule has 0 radical (unpaired) electrons. The van der Waals surface area contributed by atoms with Crippen LogP contribution in [0.4, 0.5) is 0 Å². The minimum absolute atomic E-state index is 0.619. The summed E-state index contributed by atoms with van der Waals surface area (Å²) in [6.45, 7) is 7.08. The fourth-order valence-electron chi connectivity index (χ4n) is 3.41. The number of pyridine rings is 2. The zero-order chi connectivity index (χ0) is 21.3. The van der Waals surface area contributed by atoms with E-state index >= 15 is 0 Å². The predicted molar refractivity (Wildman–Crippen MR) is 121 cm³/mol. The maximum absolute atomic E-state index is 13.2. The van der Waals surface area contributed by atoms with Gasteiger partial charge in [-0.05, 0) is 75.2 Å². The standard InChI is InChI=1S/C24H30N4OS/c1-19-15-20(2)22(27-16-19)17-28(14-7-6-12-25)18-23-24(11-8-13-26-23)30(29)21-9-4-3-5-10-21/h3-5,8-11,13,15-16H,6-7,12,14,17-18,25H2,1-2H3. The van der Waals surface area contributed by atoms with Crippen LogP contribution < -0.4 is 5.73 Å². The van der Waals surface area contributed by atoms with Crippen LogP contribution in [0.1, 0.15) is 35.4 Å². The van der Waals surface area contributed by atoms with E-state index < -0.39 is 10.8 Å². The maximum atomic E-state index is 13.2. The summed E-state index contributed by atoms with van der Waals surface area (Å²) in [5.41, 5.74) is 9.97. The number of unbranched alkanes of at least 4 members (excludes halogenated alkanes) is 1. The van der Waals surface area contributed by atoms with Gasteiger partial charge in [0.1, 0.15) is 0 Å². The molecule has 1 aromatic carbocycles. The molecular formula is C24H30N4OS. The molecule has 3 rings (SSSR count). The van der Waals surface area contributed by atoms with Gasteiger partial charge in [0.25, 0.3) is 0 Å². The van der Waals surface area contributed by atoms with Crippen molar-refractivity contribution in [3.8, 4) is 0 Å². The van der Waals surface area contributed by atoms with E-state index in [0.29, 0.717) is 13.1 Å². The van der Waals surface area contributed by atoms with Crippen molar-refractivity contribution in [3.05, 3.63) is 83.4 Å². The van der Waals surface area contributed by atoms with Crippen LogP contribution in [0.2, 0.25) is 0 Å². The first-order valence-electron chi connectivity index (χ1n) is 10.3. The highest BCUT2D eigenvalue weighted by Crippen LogP contribution is 2.21. The van der Waals surface area contributed by atoms with E-state index in [4.69, 9.17) is 5.73 Å². The molecule has 30 heavy (non-hydrogen) atoms. The molecule has 158 valence electrons.